The standard InChI is InChI=1S/C16H20N2S/c1-9-16(2,19)7-12-11-4-3-5-13-15(11)10(8-17-13)6-14(12)18-9/h3-5,8-9,12,14,17-19H,6-7H2,1-2H3/t9?,12-,14-,16?/m1/s1. The minimum Gasteiger partial charge on any atom is -0.361 e. The van der Waals surface area contributed by atoms with Gasteiger partial charge in [-0.25, -0.2) is 0 Å². The molecular weight excluding hydrogens is 252 g/mol. The quantitative estimate of drug-likeness (QED) is 0.631. The fraction of sp³-hybridized carbons (Fsp3) is 0.500. The number of H-pyrrole nitrogens is 1. The largest absolute Gasteiger partial charge is 0.361 e. The number of hydrogen-bond donors (Lipinski definition) is 3. The Kier molecular flexibility index (Phi) is 2.37. The summed E-state index contributed by atoms with van der Waals surface area (Å²) in [5.41, 5.74) is 4.25. The van der Waals surface area contributed by atoms with E-state index in [4.69, 9.17) is 12.6 Å². The lowest BCUT2D eigenvalue weighted by Gasteiger charge is -2.47. The van der Waals surface area contributed by atoms with E-state index >= 15 is 0 Å². The van der Waals surface area contributed by atoms with Crippen molar-refractivity contribution < 1.29 is 0 Å². The lowest BCUT2D eigenvalue weighted by atomic mass is 9.71. The van der Waals surface area contributed by atoms with Crippen molar-refractivity contribution in [1.82, 2.24) is 10.3 Å². The number of piperidine rings is 1. The Morgan fingerprint density at radius 2 is 2.21 bits per heavy atom. The van der Waals surface area contributed by atoms with Crippen molar-refractivity contribution in [2.24, 2.45) is 0 Å². The molecule has 2 aromatic rings. The van der Waals surface area contributed by atoms with Gasteiger partial charge in [0.25, 0.3) is 0 Å². The van der Waals surface area contributed by atoms with Crippen LogP contribution in [-0.2, 0) is 6.42 Å². The first-order valence-corrected chi connectivity index (χ1v) is 7.58. The fourth-order valence-electron chi connectivity index (χ4n) is 3.90. The molecule has 2 nitrogen and oxygen atoms in total. The van der Waals surface area contributed by atoms with E-state index in [9.17, 15) is 0 Å². The molecule has 3 heteroatoms. The summed E-state index contributed by atoms with van der Waals surface area (Å²) in [6.07, 6.45) is 4.47. The van der Waals surface area contributed by atoms with Gasteiger partial charge < -0.3 is 10.3 Å². The molecule has 1 saturated heterocycles. The molecule has 1 aliphatic carbocycles. The predicted octanol–water partition coefficient (Wildman–Crippen LogP) is 3.25. The minimum absolute atomic E-state index is 0.0666. The number of aromatic amines is 1. The van der Waals surface area contributed by atoms with Crippen molar-refractivity contribution in [3.63, 3.8) is 0 Å². The van der Waals surface area contributed by atoms with Crippen LogP contribution in [0.5, 0.6) is 0 Å². The summed E-state index contributed by atoms with van der Waals surface area (Å²) in [5, 5.41) is 5.25. The van der Waals surface area contributed by atoms with Gasteiger partial charge in [0.1, 0.15) is 0 Å². The first-order chi connectivity index (χ1) is 9.06. The summed E-state index contributed by atoms with van der Waals surface area (Å²) in [5.74, 6) is 0.589. The molecule has 0 amide bonds. The third-order valence-corrected chi connectivity index (χ3v) is 5.74. The van der Waals surface area contributed by atoms with Crippen molar-refractivity contribution in [3.05, 3.63) is 35.5 Å². The number of thiol groups is 1. The highest BCUT2D eigenvalue weighted by Crippen LogP contribution is 2.45. The van der Waals surface area contributed by atoms with E-state index in [2.05, 4.69) is 48.5 Å². The SMILES string of the molecule is CC1N[C@@H]2Cc3c[nH]c4cccc(c34)[C@H]2CC1(C)S. The van der Waals surface area contributed by atoms with Gasteiger partial charge in [0, 0.05) is 39.8 Å². The molecule has 0 saturated carbocycles. The Morgan fingerprint density at radius 3 is 3.05 bits per heavy atom. The number of fused-ring (bicyclic) bond motifs is 2. The van der Waals surface area contributed by atoms with Crippen LogP contribution in [0.25, 0.3) is 10.9 Å². The molecule has 4 atom stereocenters. The normalized spacial score (nSPS) is 37.3. The average Bonchev–Trinajstić information content (AvgIpc) is 2.77. The van der Waals surface area contributed by atoms with Crippen LogP contribution in [0, 0.1) is 0 Å². The summed E-state index contributed by atoms with van der Waals surface area (Å²) < 4.78 is 0.0666. The molecule has 2 aliphatic rings. The maximum absolute atomic E-state index is 4.89. The second-order valence-corrected chi connectivity index (χ2v) is 7.47. The van der Waals surface area contributed by atoms with E-state index in [0.717, 1.165) is 12.8 Å². The van der Waals surface area contributed by atoms with E-state index in [1.165, 1.54) is 22.0 Å². The van der Waals surface area contributed by atoms with Gasteiger partial charge in [-0.1, -0.05) is 12.1 Å². The van der Waals surface area contributed by atoms with Crippen molar-refractivity contribution >= 4 is 23.5 Å². The zero-order chi connectivity index (χ0) is 13.2. The third kappa shape index (κ3) is 1.61. The molecule has 100 valence electrons. The number of aromatic nitrogens is 1. The second-order valence-electron chi connectivity index (χ2n) is 6.45. The van der Waals surface area contributed by atoms with Gasteiger partial charge in [-0.05, 0) is 43.9 Å². The van der Waals surface area contributed by atoms with E-state index in [0.29, 0.717) is 18.0 Å². The number of hydrogen-bond acceptors (Lipinski definition) is 2. The van der Waals surface area contributed by atoms with Crippen LogP contribution in [0.15, 0.2) is 24.4 Å². The maximum Gasteiger partial charge on any atom is 0.0459 e. The Morgan fingerprint density at radius 1 is 1.37 bits per heavy atom. The second kappa shape index (κ2) is 3.80. The van der Waals surface area contributed by atoms with Gasteiger partial charge in [0.2, 0.25) is 0 Å². The molecule has 0 radical (unpaired) electrons. The molecule has 4 rings (SSSR count). The van der Waals surface area contributed by atoms with E-state index < -0.39 is 0 Å². The van der Waals surface area contributed by atoms with Crippen LogP contribution in [0.3, 0.4) is 0 Å². The molecule has 1 aliphatic heterocycles. The molecule has 1 aromatic heterocycles. The first kappa shape index (κ1) is 11.9. The highest BCUT2D eigenvalue weighted by Gasteiger charge is 2.43. The molecule has 1 aromatic carbocycles. The zero-order valence-electron chi connectivity index (χ0n) is 11.4. The van der Waals surface area contributed by atoms with Crippen molar-refractivity contribution in [3.8, 4) is 0 Å². The van der Waals surface area contributed by atoms with Crippen LogP contribution in [0.2, 0.25) is 0 Å². The van der Waals surface area contributed by atoms with E-state index in [1.54, 1.807) is 0 Å². The summed E-state index contributed by atoms with van der Waals surface area (Å²) in [6, 6.07) is 7.68. The number of benzene rings is 1. The van der Waals surface area contributed by atoms with Crippen LogP contribution in [-0.4, -0.2) is 21.8 Å². The van der Waals surface area contributed by atoms with Gasteiger partial charge in [-0.3, -0.25) is 0 Å². The van der Waals surface area contributed by atoms with Gasteiger partial charge >= 0.3 is 0 Å². The zero-order valence-corrected chi connectivity index (χ0v) is 12.3. The van der Waals surface area contributed by atoms with Crippen molar-refractivity contribution in [1.29, 1.82) is 0 Å². The molecule has 0 bridgehead atoms. The van der Waals surface area contributed by atoms with Crippen molar-refractivity contribution in [2.75, 3.05) is 0 Å². The fourth-order valence-corrected chi connectivity index (χ4v) is 4.17. The smallest absolute Gasteiger partial charge is 0.0459 e. The molecule has 2 unspecified atom stereocenters. The summed E-state index contributed by atoms with van der Waals surface area (Å²) >= 11 is 4.89. The molecule has 19 heavy (non-hydrogen) atoms. The van der Waals surface area contributed by atoms with Crippen LogP contribution in [0.4, 0.5) is 0 Å². The van der Waals surface area contributed by atoms with Crippen LogP contribution >= 0.6 is 12.6 Å². The van der Waals surface area contributed by atoms with E-state index in [1.807, 2.05) is 0 Å². The Bertz CT molecular complexity index is 643. The number of nitrogens with one attached hydrogen (secondary N) is 2. The van der Waals surface area contributed by atoms with Gasteiger partial charge in [0.05, 0.1) is 0 Å². The molecule has 2 heterocycles. The molecular formula is C16H20N2S. The Balaban J connectivity index is 1.88. The lowest BCUT2D eigenvalue weighted by Crippen LogP contribution is -2.57. The summed E-state index contributed by atoms with van der Waals surface area (Å²) in [4.78, 5) is 3.41. The average molecular weight is 272 g/mol. The molecule has 2 N–H and O–H groups in total. The molecule has 0 spiro atoms. The number of rotatable bonds is 0. The lowest BCUT2D eigenvalue weighted by molar-refractivity contribution is 0.249. The van der Waals surface area contributed by atoms with Crippen LogP contribution < -0.4 is 5.32 Å². The highest BCUT2D eigenvalue weighted by atomic mass is 32.1. The van der Waals surface area contributed by atoms with Gasteiger partial charge in [0.15, 0.2) is 0 Å². The summed E-state index contributed by atoms with van der Waals surface area (Å²) in [7, 11) is 0. The third-order valence-electron chi connectivity index (χ3n) is 5.17. The summed E-state index contributed by atoms with van der Waals surface area (Å²) in [6.45, 7) is 4.52. The van der Waals surface area contributed by atoms with Crippen molar-refractivity contribution in [2.45, 2.75) is 49.4 Å². The maximum atomic E-state index is 4.89. The minimum atomic E-state index is 0.0666. The topological polar surface area (TPSA) is 27.8 Å². The molecule has 1 fully saturated rings. The first-order valence-electron chi connectivity index (χ1n) is 7.13. The predicted molar refractivity (Wildman–Crippen MR) is 83.1 cm³/mol. The highest BCUT2D eigenvalue weighted by molar-refractivity contribution is 7.81. The van der Waals surface area contributed by atoms with Crippen LogP contribution in [0.1, 0.15) is 37.3 Å². The monoisotopic (exact) mass is 272 g/mol. The Hall–Kier alpha value is -0.930. The Labute approximate surface area is 119 Å². The van der Waals surface area contributed by atoms with Gasteiger partial charge in [-0.15, -0.1) is 0 Å². The van der Waals surface area contributed by atoms with Gasteiger partial charge in [-0.2, -0.15) is 12.6 Å². The van der Waals surface area contributed by atoms with E-state index in [-0.39, 0.29) is 4.75 Å².